The number of carbonyl (C=O) groups excluding carboxylic acids is 3. The lowest BCUT2D eigenvalue weighted by atomic mass is 9.99. The van der Waals surface area contributed by atoms with Crippen LogP contribution in [-0.2, 0) is 28.6 Å². The van der Waals surface area contributed by atoms with Crippen molar-refractivity contribution in [1.82, 2.24) is 0 Å². The summed E-state index contributed by atoms with van der Waals surface area (Å²) in [5.74, 6) is 0.825. The maximum absolute atomic E-state index is 12.7. The van der Waals surface area contributed by atoms with Crippen molar-refractivity contribution in [3.8, 4) is 0 Å². The van der Waals surface area contributed by atoms with Gasteiger partial charge in [-0.1, -0.05) is 234 Å². The minimum absolute atomic E-state index is 0.0644. The predicted octanol–water partition coefficient (Wildman–Crippen LogP) is 15.8. The molecule has 0 heterocycles. The smallest absolute Gasteiger partial charge is 0.306 e. The lowest BCUT2D eigenvalue weighted by Crippen LogP contribution is -2.30. The maximum atomic E-state index is 12.7. The van der Waals surface area contributed by atoms with Crippen molar-refractivity contribution in [1.29, 1.82) is 0 Å². The van der Waals surface area contributed by atoms with Gasteiger partial charge in [-0.05, 0) is 31.1 Å². The van der Waals surface area contributed by atoms with E-state index in [1.54, 1.807) is 0 Å². The van der Waals surface area contributed by atoms with Gasteiger partial charge in [0.1, 0.15) is 13.2 Å². The second kappa shape index (κ2) is 43.0. The van der Waals surface area contributed by atoms with E-state index in [1.165, 1.54) is 161 Å². The number of esters is 3. The first kappa shape index (κ1) is 54.4. The minimum Gasteiger partial charge on any atom is -0.462 e. The summed E-state index contributed by atoms with van der Waals surface area (Å²) in [4.78, 5) is 37.8. The van der Waals surface area contributed by atoms with Crippen molar-refractivity contribution in [2.75, 3.05) is 13.2 Å². The Morgan fingerprint density at radius 2 is 0.679 bits per heavy atom. The molecule has 0 radical (unpaired) electrons. The van der Waals surface area contributed by atoms with Crippen LogP contribution >= 0.6 is 0 Å². The predicted molar refractivity (Wildman–Crippen MR) is 238 cm³/mol. The summed E-state index contributed by atoms with van der Waals surface area (Å²) in [6.07, 6.45) is 42.2. The van der Waals surface area contributed by atoms with Crippen LogP contribution < -0.4 is 0 Å². The van der Waals surface area contributed by atoms with E-state index in [0.717, 1.165) is 69.6 Å². The summed E-state index contributed by atoms with van der Waals surface area (Å²) >= 11 is 0. The van der Waals surface area contributed by atoms with Gasteiger partial charge >= 0.3 is 17.9 Å². The topological polar surface area (TPSA) is 78.9 Å². The van der Waals surface area contributed by atoms with Gasteiger partial charge in [0.05, 0.1) is 0 Å². The number of unbranched alkanes of at least 4 members (excludes halogenated alkanes) is 28. The van der Waals surface area contributed by atoms with Crippen molar-refractivity contribution in [3.05, 3.63) is 0 Å². The summed E-state index contributed by atoms with van der Waals surface area (Å²) in [6, 6.07) is 0. The molecule has 56 heavy (non-hydrogen) atoms. The SMILES string of the molecule is CCCCCCCCCCCCCC(=O)OC[C@H](COC(=O)CCCCCCCCCCCCCCC(C)C)OC(=O)CCCCCCCCCCC(C)CC. The van der Waals surface area contributed by atoms with Gasteiger partial charge in [0.2, 0.25) is 0 Å². The largest absolute Gasteiger partial charge is 0.462 e. The third-order valence-corrected chi connectivity index (χ3v) is 11.6. The first-order valence-electron chi connectivity index (χ1n) is 24.8. The molecular weight excluding hydrogens is 697 g/mol. The van der Waals surface area contributed by atoms with E-state index in [0.29, 0.717) is 19.3 Å². The van der Waals surface area contributed by atoms with Crippen molar-refractivity contribution in [2.24, 2.45) is 11.8 Å². The van der Waals surface area contributed by atoms with E-state index in [4.69, 9.17) is 14.2 Å². The number of hydrogen-bond donors (Lipinski definition) is 0. The van der Waals surface area contributed by atoms with Crippen LogP contribution in [0.1, 0.15) is 272 Å². The van der Waals surface area contributed by atoms with Crippen molar-refractivity contribution < 1.29 is 28.6 Å². The molecule has 0 saturated heterocycles. The lowest BCUT2D eigenvalue weighted by molar-refractivity contribution is -0.167. The zero-order valence-electron chi connectivity index (χ0n) is 38.3. The molecule has 0 aromatic carbocycles. The lowest BCUT2D eigenvalue weighted by Gasteiger charge is -2.18. The Labute approximate surface area is 348 Å². The Kier molecular flexibility index (Phi) is 41.8. The van der Waals surface area contributed by atoms with Gasteiger partial charge in [-0.25, -0.2) is 0 Å². The zero-order valence-corrected chi connectivity index (χ0v) is 38.3. The first-order valence-corrected chi connectivity index (χ1v) is 24.8. The third kappa shape index (κ3) is 42.0. The van der Waals surface area contributed by atoms with Crippen molar-refractivity contribution in [2.45, 2.75) is 278 Å². The Bertz CT molecular complexity index is 856. The van der Waals surface area contributed by atoms with E-state index >= 15 is 0 Å². The molecule has 0 aromatic rings. The standard InChI is InChI=1S/C50H96O6/c1-6-8-9-10-11-12-15-19-25-30-35-40-48(51)54-43-47(56-50(53)42-37-32-27-22-21-24-29-34-39-46(5)7-2)44-55-49(52)41-36-31-26-20-17-14-13-16-18-23-28-33-38-45(3)4/h45-47H,6-44H2,1-5H3/t46?,47-/m1/s1. The summed E-state index contributed by atoms with van der Waals surface area (Å²) < 4.78 is 16.8. The van der Waals surface area contributed by atoms with Gasteiger partial charge in [0, 0.05) is 19.3 Å². The average molecular weight is 793 g/mol. The number of carbonyl (C=O) groups is 3. The van der Waals surface area contributed by atoms with E-state index < -0.39 is 6.10 Å². The molecule has 0 aliphatic carbocycles. The first-order chi connectivity index (χ1) is 27.3. The van der Waals surface area contributed by atoms with Gasteiger partial charge in [-0.2, -0.15) is 0 Å². The molecule has 0 spiro atoms. The van der Waals surface area contributed by atoms with Crippen LogP contribution in [0.3, 0.4) is 0 Å². The molecule has 0 bridgehead atoms. The second-order valence-corrected chi connectivity index (χ2v) is 17.8. The van der Waals surface area contributed by atoms with Crippen molar-refractivity contribution in [3.63, 3.8) is 0 Å². The number of rotatable bonds is 44. The fourth-order valence-corrected chi connectivity index (χ4v) is 7.43. The highest BCUT2D eigenvalue weighted by Gasteiger charge is 2.19. The quantitative estimate of drug-likeness (QED) is 0.0347. The molecule has 0 aliphatic rings. The highest BCUT2D eigenvalue weighted by atomic mass is 16.6. The maximum Gasteiger partial charge on any atom is 0.306 e. The fraction of sp³-hybridized carbons (Fsp3) is 0.940. The van der Waals surface area contributed by atoms with Crippen LogP contribution in [-0.4, -0.2) is 37.2 Å². The van der Waals surface area contributed by atoms with Crippen LogP contribution in [0.5, 0.6) is 0 Å². The highest BCUT2D eigenvalue weighted by Crippen LogP contribution is 2.17. The molecule has 0 aromatic heterocycles. The highest BCUT2D eigenvalue weighted by molar-refractivity contribution is 5.71. The molecular formula is C50H96O6. The summed E-state index contributed by atoms with van der Waals surface area (Å²) in [5, 5.41) is 0. The Balaban J connectivity index is 4.32. The van der Waals surface area contributed by atoms with Gasteiger partial charge in [-0.3, -0.25) is 14.4 Å². The third-order valence-electron chi connectivity index (χ3n) is 11.6. The molecule has 1 unspecified atom stereocenters. The Morgan fingerprint density at radius 1 is 0.375 bits per heavy atom. The van der Waals surface area contributed by atoms with Crippen LogP contribution in [0.2, 0.25) is 0 Å². The molecule has 2 atom stereocenters. The molecule has 0 amide bonds. The van der Waals surface area contributed by atoms with Crippen LogP contribution in [0, 0.1) is 11.8 Å². The number of hydrogen-bond acceptors (Lipinski definition) is 6. The van der Waals surface area contributed by atoms with E-state index in [1.807, 2.05) is 0 Å². The molecule has 0 fully saturated rings. The van der Waals surface area contributed by atoms with E-state index in [9.17, 15) is 14.4 Å². The summed E-state index contributed by atoms with van der Waals surface area (Å²) in [6.45, 7) is 11.4. The van der Waals surface area contributed by atoms with Gasteiger partial charge < -0.3 is 14.2 Å². The van der Waals surface area contributed by atoms with Gasteiger partial charge in [0.25, 0.3) is 0 Å². The molecule has 0 N–H and O–H groups in total. The molecule has 6 heteroatoms. The monoisotopic (exact) mass is 793 g/mol. The van der Waals surface area contributed by atoms with Crippen LogP contribution in [0.15, 0.2) is 0 Å². The zero-order chi connectivity index (χ0) is 41.2. The van der Waals surface area contributed by atoms with Crippen LogP contribution in [0.4, 0.5) is 0 Å². The van der Waals surface area contributed by atoms with Crippen LogP contribution in [0.25, 0.3) is 0 Å². The van der Waals surface area contributed by atoms with E-state index in [2.05, 4.69) is 34.6 Å². The van der Waals surface area contributed by atoms with Gasteiger partial charge in [-0.15, -0.1) is 0 Å². The molecule has 0 saturated carbocycles. The summed E-state index contributed by atoms with van der Waals surface area (Å²) in [5.41, 5.74) is 0. The summed E-state index contributed by atoms with van der Waals surface area (Å²) in [7, 11) is 0. The number of ether oxygens (including phenoxy) is 3. The normalized spacial score (nSPS) is 12.5. The second-order valence-electron chi connectivity index (χ2n) is 17.8. The molecule has 332 valence electrons. The minimum atomic E-state index is -0.761. The Morgan fingerprint density at radius 3 is 1.02 bits per heavy atom. The molecule has 0 aliphatic heterocycles. The van der Waals surface area contributed by atoms with E-state index in [-0.39, 0.29) is 31.1 Å². The van der Waals surface area contributed by atoms with Crippen molar-refractivity contribution >= 4 is 17.9 Å². The Hall–Kier alpha value is -1.59. The fourth-order valence-electron chi connectivity index (χ4n) is 7.43. The molecule has 0 rings (SSSR count). The van der Waals surface area contributed by atoms with Gasteiger partial charge in [0.15, 0.2) is 6.10 Å². The average Bonchev–Trinajstić information content (AvgIpc) is 3.18. The molecule has 6 nitrogen and oxygen atoms in total.